The number of ether oxygens (including phenoxy) is 1. The molecule has 1 unspecified atom stereocenters. The molecule has 0 aromatic heterocycles. The Morgan fingerprint density at radius 3 is 3.10 bits per heavy atom. The van der Waals surface area contributed by atoms with E-state index in [1.807, 2.05) is 12.2 Å². The molecule has 7 nitrogen and oxygen atoms in total. The zero-order chi connectivity index (χ0) is 14.8. The lowest BCUT2D eigenvalue weighted by Crippen LogP contribution is -2.39. The molecule has 0 saturated carbocycles. The molecule has 0 aromatic rings. The summed E-state index contributed by atoms with van der Waals surface area (Å²) in [4.78, 5) is 22.6. The number of nitrogens with zero attached hydrogens (tertiary/aromatic N) is 1. The maximum atomic E-state index is 11.7. The average molecular weight is 281 g/mol. The summed E-state index contributed by atoms with van der Waals surface area (Å²) in [7, 11) is 0. The number of esters is 1. The van der Waals surface area contributed by atoms with Crippen LogP contribution in [0.3, 0.4) is 0 Å². The molecule has 1 aliphatic heterocycles. The van der Waals surface area contributed by atoms with Gasteiger partial charge in [-0.25, -0.2) is 4.79 Å². The summed E-state index contributed by atoms with van der Waals surface area (Å²) in [5.74, 6) is -1.64. The fourth-order valence-corrected chi connectivity index (χ4v) is 1.58. The van der Waals surface area contributed by atoms with Gasteiger partial charge in [0.25, 0.3) is 0 Å². The molecule has 1 heterocycles. The summed E-state index contributed by atoms with van der Waals surface area (Å²) in [5, 5.41) is 15.7. The third-order valence-corrected chi connectivity index (χ3v) is 2.42. The highest BCUT2D eigenvalue weighted by Gasteiger charge is 2.23. The van der Waals surface area contributed by atoms with E-state index < -0.39 is 18.0 Å². The van der Waals surface area contributed by atoms with Crippen LogP contribution in [0.15, 0.2) is 29.0 Å². The molecule has 0 amide bonds. The Morgan fingerprint density at radius 2 is 2.40 bits per heavy atom. The van der Waals surface area contributed by atoms with Crippen LogP contribution in [0.5, 0.6) is 0 Å². The van der Waals surface area contributed by atoms with E-state index in [1.165, 1.54) is 0 Å². The summed E-state index contributed by atoms with van der Waals surface area (Å²) in [5.41, 5.74) is 3.48. The van der Waals surface area contributed by atoms with E-state index in [0.717, 1.165) is 0 Å². The molecule has 1 rings (SSSR count). The molecule has 0 spiro atoms. The molecule has 0 bridgehead atoms. The van der Waals surface area contributed by atoms with Gasteiger partial charge in [-0.15, -0.1) is 0 Å². The second-order valence-corrected chi connectivity index (χ2v) is 4.02. The number of carbonyl (C=O) groups excluding carboxylic acids is 1. The fraction of sp³-hybridized carbons (Fsp3) is 0.462. The van der Waals surface area contributed by atoms with Gasteiger partial charge in [-0.05, 0) is 13.0 Å². The molecule has 0 fully saturated rings. The largest absolute Gasteiger partial charge is 0.481 e. The van der Waals surface area contributed by atoms with Crippen molar-refractivity contribution >= 4 is 18.2 Å². The minimum atomic E-state index is -1.06. The normalized spacial score (nSPS) is 21.8. The molecule has 1 atom stereocenters. The van der Waals surface area contributed by atoms with Crippen molar-refractivity contribution in [2.45, 2.75) is 25.8 Å². The monoisotopic (exact) mass is 281 g/mol. The first-order valence-electron chi connectivity index (χ1n) is 6.39. The van der Waals surface area contributed by atoms with E-state index in [1.54, 1.807) is 19.2 Å². The second-order valence-electron chi connectivity index (χ2n) is 4.02. The van der Waals surface area contributed by atoms with Crippen LogP contribution in [0, 0.1) is 0 Å². The minimum absolute atomic E-state index is 0.210. The Morgan fingerprint density at radius 1 is 1.60 bits per heavy atom. The van der Waals surface area contributed by atoms with Crippen LogP contribution in [0.2, 0.25) is 0 Å². The fourth-order valence-electron chi connectivity index (χ4n) is 1.58. The highest BCUT2D eigenvalue weighted by Crippen LogP contribution is 2.03. The van der Waals surface area contributed by atoms with Gasteiger partial charge in [0.2, 0.25) is 0 Å². The second kappa shape index (κ2) is 8.73. The van der Waals surface area contributed by atoms with E-state index in [-0.39, 0.29) is 13.0 Å². The number of aliphatic carboxylic acids is 1. The molecule has 7 heteroatoms. The Balaban J connectivity index is 2.75. The number of hydrogen-bond acceptors (Lipinski definition) is 6. The molecule has 110 valence electrons. The van der Waals surface area contributed by atoms with E-state index in [0.29, 0.717) is 18.7 Å². The van der Waals surface area contributed by atoms with E-state index in [9.17, 15) is 9.59 Å². The van der Waals surface area contributed by atoms with Gasteiger partial charge in [-0.2, -0.15) is 5.10 Å². The van der Waals surface area contributed by atoms with Gasteiger partial charge in [0, 0.05) is 18.3 Å². The lowest BCUT2D eigenvalue weighted by atomic mass is 10.2. The Hall–Kier alpha value is -2.31. The van der Waals surface area contributed by atoms with Gasteiger partial charge in [-0.3, -0.25) is 4.79 Å². The predicted octanol–water partition coefficient (Wildman–Crippen LogP) is 0.402. The van der Waals surface area contributed by atoms with Crippen molar-refractivity contribution < 1.29 is 19.4 Å². The molecule has 20 heavy (non-hydrogen) atoms. The number of rotatable bonds is 6. The molecule has 0 aromatic carbocycles. The minimum Gasteiger partial charge on any atom is -0.481 e. The predicted molar refractivity (Wildman–Crippen MR) is 74.1 cm³/mol. The maximum Gasteiger partial charge on any atom is 0.329 e. The van der Waals surface area contributed by atoms with Gasteiger partial charge in [0.1, 0.15) is 6.04 Å². The average Bonchev–Trinajstić information content (AvgIpc) is 2.51. The first kappa shape index (κ1) is 15.7. The third-order valence-electron chi connectivity index (χ3n) is 2.42. The first-order chi connectivity index (χ1) is 9.63. The summed E-state index contributed by atoms with van der Waals surface area (Å²) in [6.45, 7) is 2.44. The van der Waals surface area contributed by atoms with Crippen LogP contribution in [-0.4, -0.2) is 42.5 Å². The standard InChI is InChI=1S/C13H19N3O4/c1-2-20-13(19)11(9-12(17)18)16-10-5-3-7-14-15-8-4-6-10/h3,5-6,8,11,14,16H,2,4,7,9H2,1H3,(H,17,18)/b5-3-,10-6+,15-8-. The molecule has 0 aliphatic carbocycles. The van der Waals surface area contributed by atoms with Crippen LogP contribution < -0.4 is 10.7 Å². The topological polar surface area (TPSA) is 100 Å². The van der Waals surface area contributed by atoms with Crippen LogP contribution in [0.1, 0.15) is 19.8 Å². The zero-order valence-electron chi connectivity index (χ0n) is 11.3. The highest BCUT2D eigenvalue weighted by molar-refractivity contribution is 5.82. The molecule has 0 saturated heterocycles. The van der Waals surface area contributed by atoms with Crippen LogP contribution in [-0.2, 0) is 14.3 Å². The highest BCUT2D eigenvalue weighted by atomic mass is 16.5. The number of nitrogens with one attached hydrogen (secondary N) is 2. The quantitative estimate of drug-likeness (QED) is 0.609. The van der Waals surface area contributed by atoms with Crippen molar-refractivity contribution in [2.24, 2.45) is 5.10 Å². The molecule has 0 radical (unpaired) electrons. The number of carboxylic acid groups (broad SMARTS) is 1. The van der Waals surface area contributed by atoms with Gasteiger partial charge >= 0.3 is 11.9 Å². The lowest BCUT2D eigenvalue weighted by Gasteiger charge is -2.17. The van der Waals surface area contributed by atoms with Crippen molar-refractivity contribution in [2.75, 3.05) is 13.2 Å². The smallest absolute Gasteiger partial charge is 0.329 e. The number of hydrogen-bond donors (Lipinski definition) is 3. The molecular formula is C13H19N3O4. The molecule has 3 N–H and O–H groups in total. The van der Waals surface area contributed by atoms with Crippen molar-refractivity contribution in [3.05, 3.63) is 23.9 Å². The zero-order valence-corrected chi connectivity index (χ0v) is 11.3. The van der Waals surface area contributed by atoms with Crippen LogP contribution >= 0.6 is 0 Å². The van der Waals surface area contributed by atoms with Gasteiger partial charge in [0.05, 0.1) is 19.6 Å². The van der Waals surface area contributed by atoms with Gasteiger partial charge < -0.3 is 20.6 Å². The van der Waals surface area contributed by atoms with Crippen LogP contribution in [0.25, 0.3) is 0 Å². The van der Waals surface area contributed by atoms with Gasteiger partial charge in [-0.1, -0.05) is 12.2 Å². The van der Waals surface area contributed by atoms with E-state index >= 15 is 0 Å². The Kier molecular flexibility index (Phi) is 6.88. The van der Waals surface area contributed by atoms with E-state index in [2.05, 4.69) is 15.8 Å². The number of hydrazone groups is 1. The summed E-state index contributed by atoms with van der Waals surface area (Å²) in [6.07, 6.45) is 7.34. The molecule has 1 aliphatic rings. The Bertz CT molecular complexity index is 429. The lowest BCUT2D eigenvalue weighted by molar-refractivity contribution is -0.149. The summed E-state index contributed by atoms with van der Waals surface area (Å²) < 4.78 is 4.87. The first-order valence-corrected chi connectivity index (χ1v) is 6.39. The van der Waals surface area contributed by atoms with E-state index in [4.69, 9.17) is 9.84 Å². The number of carboxylic acids is 1. The van der Waals surface area contributed by atoms with Crippen LogP contribution in [0.4, 0.5) is 0 Å². The Labute approximate surface area is 117 Å². The molecular weight excluding hydrogens is 262 g/mol. The number of carbonyl (C=O) groups is 2. The third kappa shape index (κ3) is 6.03. The van der Waals surface area contributed by atoms with Crippen molar-refractivity contribution in [3.63, 3.8) is 0 Å². The van der Waals surface area contributed by atoms with Crippen molar-refractivity contribution in [1.82, 2.24) is 10.7 Å². The van der Waals surface area contributed by atoms with Gasteiger partial charge in [0.15, 0.2) is 0 Å². The van der Waals surface area contributed by atoms with Crippen molar-refractivity contribution in [3.8, 4) is 0 Å². The van der Waals surface area contributed by atoms with Crippen molar-refractivity contribution in [1.29, 1.82) is 0 Å². The summed E-state index contributed by atoms with van der Waals surface area (Å²) >= 11 is 0. The summed E-state index contributed by atoms with van der Waals surface area (Å²) in [6, 6.07) is -0.908. The SMILES string of the molecule is CCOC(=O)C(CC(=O)O)NC1=C/C/C=N\NC/C=C\1. The number of allylic oxidation sites excluding steroid dienone is 2. The maximum absolute atomic E-state index is 11.7.